The lowest BCUT2D eigenvalue weighted by Gasteiger charge is -2.30. The lowest BCUT2D eigenvalue weighted by atomic mass is 9.94. The minimum Gasteiger partial charge on any atom is -0.345 e. The molecule has 2 heterocycles. The number of benzene rings is 2. The molecule has 1 amide bonds. The maximum Gasteiger partial charge on any atom is 0.416 e. The van der Waals surface area contributed by atoms with Gasteiger partial charge in [0.15, 0.2) is 0 Å². The van der Waals surface area contributed by atoms with Gasteiger partial charge in [-0.3, -0.25) is 14.7 Å². The Morgan fingerprint density at radius 2 is 2.00 bits per heavy atom. The zero-order valence-corrected chi connectivity index (χ0v) is 17.8. The number of nitrogens with one attached hydrogen (secondary N) is 1. The predicted octanol–water partition coefficient (Wildman–Crippen LogP) is 5.21. The topological polar surface area (TPSA) is 45.2 Å². The minimum atomic E-state index is -4.31. The quantitative estimate of drug-likeness (QED) is 0.586. The average Bonchev–Trinajstić information content (AvgIpc) is 3.28. The van der Waals surface area contributed by atoms with E-state index in [-0.39, 0.29) is 11.9 Å². The molecule has 1 aliphatic heterocycles. The van der Waals surface area contributed by atoms with Crippen molar-refractivity contribution in [2.45, 2.75) is 38.7 Å². The third-order valence-corrected chi connectivity index (χ3v) is 6.31. The van der Waals surface area contributed by atoms with Gasteiger partial charge in [-0.25, -0.2) is 0 Å². The van der Waals surface area contributed by atoms with Gasteiger partial charge in [0.2, 0.25) is 0 Å². The summed E-state index contributed by atoms with van der Waals surface area (Å²) in [5.41, 5.74) is 4.35. The number of hydrogen-bond acceptors (Lipinski definition) is 4. The maximum atomic E-state index is 13.2. The van der Waals surface area contributed by atoms with Gasteiger partial charge in [-0.2, -0.15) is 13.2 Å². The van der Waals surface area contributed by atoms with Crippen LogP contribution in [0.15, 0.2) is 54.2 Å². The highest BCUT2D eigenvalue weighted by Gasteiger charge is 2.35. The molecule has 4 rings (SSSR count). The van der Waals surface area contributed by atoms with E-state index in [1.807, 2.05) is 31.2 Å². The van der Waals surface area contributed by atoms with Crippen molar-refractivity contribution in [2.75, 3.05) is 6.54 Å². The largest absolute Gasteiger partial charge is 0.416 e. The second-order valence-electron chi connectivity index (χ2n) is 7.70. The van der Waals surface area contributed by atoms with Crippen molar-refractivity contribution < 1.29 is 18.0 Å². The molecule has 1 aliphatic rings. The molecule has 31 heavy (non-hydrogen) atoms. The number of thiazole rings is 1. The Morgan fingerprint density at radius 3 is 2.68 bits per heavy atom. The summed E-state index contributed by atoms with van der Waals surface area (Å²) >= 11 is 1.30. The summed E-state index contributed by atoms with van der Waals surface area (Å²) in [4.78, 5) is 18.8. The molecule has 0 aliphatic carbocycles. The molecule has 0 radical (unpaired) electrons. The van der Waals surface area contributed by atoms with E-state index in [0.717, 1.165) is 16.7 Å². The molecule has 0 saturated carbocycles. The summed E-state index contributed by atoms with van der Waals surface area (Å²) in [5, 5.41) is 2.96. The normalized spacial score (nSPS) is 15.4. The SMILES string of the molecule is C[C@H](NC(=O)c1cncs1)c1ccc(CN2CCc3c(cccc3C(F)(F)F)C2)cc1. The van der Waals surface area contributed by atoms with Crippen LogP contribution in [-0.4, -0.2) is 22.3 Å². The molecule has 8 heteroatoms. The molecule has 0 spiro atoms. The Balaban J connectivity index is 1.38. The molecule has 1 aromatic heterocycles. The van der Waals surface area contributed by atoms with Crippen molar-refractivity contribution in [2.24, 2.45) is 0 Å². The van der Waals surface area contributed by atoms with Gasteiger partial charge < -0.3 is 5.32 Å². The fourth-order valence-electron chi connectivity index (χ4n) is 3.92. The van der Waals surface area contributed by atoms with Crippen molar-refractivity contribution >= 4 is 17.2 Å². The Morgan fingerprint density at radius 1 is 1.23 bits per heavy atom. The zero-order chi connectivity index (χ0) is 22.0. The van der Waals surface area contributed by atoms with Crippen molar-refractivity contribution in [1.82, 2.24) is 15.2 Å². The summed E-state index contributed by atoms with van der Waals surface area (Å²) in [7, 11) is 0. The van der Waals surface area contributed by atoms with Crippen LogP contribution >= 0.6 is 11.3 Å². The van der Waals surface area contributed by atoms with E-state index in [2.05, 4.69) is 15.2 Å². The van der Waals surface area contributed by atoms with E-state index < -0.39 is 11.7 Å². The van der Waals surface area contributed by atoms with Crippen LogP contribution in [0.1, 0.15) is 50.5 Å². The number of carbonyl (C=O) groups is 1. The third kappa shape index (κ3) is 4.97. The first-order chi connectivity index (χ1) is 14.8. The van der Waals surface area contributed by atoms with E-state index in [1.165, 1.54) is 23.5 Å². The standard InChI is InChI=1S/C23H22F3N3OS/c1-15(28-22(30)21-11-27-14-31-21)17-7-5-16(6-8-17)12-29-10-9-19-18(13-29)3-2-4-20(19)23(24,25)26/h2-8,11,14-15H,9-10,12-13H2,1H3,(H,28,30)/t15-/m0/s1. The van der Waals surface area contributed by atoms with Gasteiger partial charge in [-0.05, 0) is 41.7 Å². The van der Waals surface area contributed by atoms with E-state index in [4.69, 9.17) is 0 Å². The molecule has 0 saturated heterocycles. The van der Waals surface area contributed by atoms with E-state index in [0.29, 0.717) is 36.5 Å². The molecule has 2 aromatic carbocycles. The van der Waals surface area contributed by atoms with Gasteiger partial charge in [0.05, 0.1) is 23.3 Å². The molecule has 162 valence electrons. The fourth-order valence-corrected chi connectivity index (χ4v) is 4.44. The van der Waals surface area contributed by atoms with Gasteiger partial charge >= 0.3 is 6.18 Å². The van der Waals surface area contributed by atoms with E-state index in [9.17, 15) is 18.0 Å². The number of amides is 1. The van der Waals surface area contributed by atoms with Crippen molar-refractivity contribution in [3.8, 4) is 0 Å². The van der Waals surface area contributed by atoms with Crippen LogP contribution in [0.3, 0.4) is 0 Å². The first-order valence-electron chi connectivity index (χ1n) is 10.00. The molecule has 0 bridgehead atoms. The number of carbonyl (C=O) groups excluding carboxylic acids is 1. The number of halogens is 3. The van der Waals surface area contributed by atoms with Crippen LogP contribution in [0.2, 0.25) is 0 Å². The Hall–Kier alpha value is -2.71. The predicted molar refractivity (Wildman–Crippen MR) is 114 cm³/mol. The first kappa shape index (κ1) is 21.5. The van der Waals surface area contributed by atoms with E-state index >= 15 is 0 Å². The van der Waals surface area contributed by atoms with Gasteiger partial charge in [-0.15, -0.1) is 11.3 Å². The first-order valence-corrected chi connectivity index (χ1v) is 10.9. The number of rotatable bonds is 5. The summed E-state index contributed by atoms with van der Waals surface area (Å²) in [6.45, 7) is 3.68. The molecule has 0 fully saturated rings. The smallest absolute Gasteiger partial charge is 0.345 e. The van der Waals surface area contributed by atoms with E-state index in [1.54, 1.807) is 17.8 Å². The molecule has 1 atom stereocenters. The Bertz CT molecular complexity index is 1050. The van der Waals surface area contributed by atoms with Crippen LogP contribution in [0.4, 0.5) is 13.2 Å². The summed E-state index contributed by atoms with van der Waals surface area (Å²) in [6.07, 6.45) is -2.37. The highest BCUT2D eigenvalue weighted by atomic mass is 32.1. The number of fused-ring (bicyclic) bond motifs is 1. The van der Waals surface area contributed by atoms with Crippen LogP contribution < -0.4 is 5.32 Å². The summed E-state index contributed by atoms with van der Waals surface area (Å²) < 4.78 is 39.7. The van der Waals surface area contributed by atoms with Crippen LogP contribution in [-0.2, 0) is 25.7 Å². The number of nitrogens with zero attached hydrogens (tertiary/aromatic N) is 2. The monoisotopic (exact) mass is 445 g/mol. The molecular formula is C23H22F3N3OS. The molecule has 1 N–H and O–H groups in total. The maximum absolute atomic E-state index is 13.2. The van der Waals surface area contributed by atoms with Gasteiger partial charge in [0, 0.05) is 19.6 Å². The van der Waals surface area contributed by atoms with Gasteiger partial charge in [0.1, 0.15) is 4.88 Å². The van der Waals surface area contributed by atoms with Gasteiger partial charge in [-0.1, -0.05) is 36.4 Å². The molecule has 0 unspecified atom stereocenters. The number of aromatic nitrogens is 1. The highest BCUT2D eigenvalue weighted by molar-refractivity contribution is 7.11. The van der Waals surface area contributed by atoms with Gasteiger partial charge in [0.25, 0.3) is 5.91 Å². The molecule has 4 nitrogen and oxygen atoms in total. The van der Waals surface area contributed by atoms with Crippen molar-refractivity contribution in [3.05, 3.63) is 86.9 Å². The van der Waals surface area contributed by atoms with Crippen LogP contribution in [0.5, 0.6) is 0 Å². The second kappa shape index (κ2) is 8.80. The minimum absolute atomic E-state index is 0.147. The average molecular weight is 446 g/mol. The van der Waals surface area contributed by atoms with Crippen LogP contribution in [0.25, 0.3) is 0 Å². The van der Waals surface area contributed by atoms with Crippen molar-refractivity contribution in [1.29, 1.82) is 0 Å². The van der Waals surface area contributed by atoms with Crippen LogP contribution in [0, 0.1) is 0 Å². The number of hydrogen-bond donors (Lipinski definition) is 1. The summed E-state index contributed by atoms with van der Waals surface area (Å²) in [5.74, 6) is -0.149. The lowest BCUT2D eigenvalue weighted by Crippen LogP contribution is -2.31. The highest BCUT2D eigenvalue weighted by Crippen LogP contribution is 2.35. The molecule has 3 aromatic rings. The fraction of sp³-hybridized carbons (Fsp3) is 0.304. The summed E-state index contributed by atoms with van der Waals surface area (Å²) in [6, 6.07) is 12.3. The van der Waals surface area contributed by atoms with Crippen molar-refractivity contribution in [3.63, 3.8) is 0 Å². The Labute approximate surface area is 182 Å². The molecular weight excluding hydrogens is 423 g/mol. The Kier molecular flexibility index (Phi) is 6.11. The zero-order valence-electron chi connectivity index (χ0n) is 16.9. The lowest BCUT2D eigenvalue weighted by molar-refractivity contribution is -0.138. The number of alkyl halides is 3. The second-order valence-corrected chi connectivity index (χ2v) is 8.59. The third-order valence-electron chi connectivity index (χ3n) is 5.54.